The molecular formula is C38H58O8S. The Morgan fingerprint density at radius 2 is 1.53 bits per heavy atom. The van der Waals surface area contributed by atoms with Crippen LogP contribution >= 0.6 is 12.6 Å². The third-order valence-corrected chi connectivity index (χ3v) is 8.88. The highest BCUT2D eigenvalue weighted by Gasteiger charge is 2.25. The molecule has 1 aromatic rings. The molecule has 0 amide bonds. The van der Waals surface area contributed by atoms with Crippen molar-refractivity contribution >= 4 is 18.6 Å². The van der Waals surface area contributed by atoms with E-state index in [1.807, 2.05) is 31.2 Å². The number of carbonyl (C=O) groups excluding carboxylic acids is 1. The summed E-state index contributed by atoms with van der Waals surface area (Å²) in [4.78, 5) is 13.3. The summed E-state index contributed by atoms with van der Waals surface area (Å²) in [5, 5.41) is 0. The Morgan fingerprint density at radius 1 is 0.915 bits per heavy atom. The fourth-order valence-corrected chi connectivity index (χ4v) is 6.07. The number of ether oxygens (including phenoxy) is 7. The van der Waals surface area contributed by atoms with Gasteiger partial charge in [0, 0.05) is 10.3 Å². The molecule has 264 valence electrons. The number of aryl methyl sites for hydroxylation is 1. The summed E-state index contributed by atoms with van der Waals surface area (Å²) in [7, 11) is 0. The lowest BCUT2D eigenvalue weighted by atomic mass is 9.79. The van der Waals surface area contributed by atoms with E-state index in [0.29, 0.717) is 88.2 Å². The lowest BCUT2D eigenvalue weighted by Gasteiger charge is -2.30. The Balaban J connectivity index is 1.67. The standard InChI is InChI=1S/C38H58O8S/c1-5-7-8-16-38(4,47)17-15-31-11-9-12-32-29-33(13-14-34(31)32)46-37(39)30(3)28-36-35(10-6-2)44-26-24-42-22-20-40-18-19-41-21-23-43-25-27-45-36/h6,10,13-14,28-29,31,47H,5,7-9,11-12,15-27H2,1-4H3/b10-6-,30-28+,36-35-. The summed E-state index contributed by atoms with van der Waals surface area (Å²) in [6, 6.07) is 6.12. The average molecular weight is 675 g/mol. The van der Waals surface area contributed by atoms with Crippen molar-refractivity contribution in [2.45, 2.75) is 96.1 Å². The molecule has 0 N–H and O–H groups in total. The molecule has 1 aliphatic carbocycles. The van der Waals surface area contributed by atoms with Gasteiger partial charge in [0.2, 0.25) is 0 Å². The van der Waals surface area contributed by atoms with Crippen molar-refractivity contribution in [3.63, 3.8) is 0 Å². The number of allylic oxidation sites excluding steroid dienone is 3. The molecular weight excluding hydrogens is 616 g/mol. The Kier molecular flexibility index (Phi) is 18.6. The van der Waals surface area contributed by atoms with E-state index in [-0.39, 0.29) is 11.4 Å². The molecule has 0 aromatic heterocycles. The molecule has 9 heteroatoms. The van der Waals surface area contributed by atoms with E-state index in [1.54, 1.807) is 13.0 Å². The third kappa shape index (κ3) is 15.2. The van der Waals surface area contributed by atoms with E-state index in [2.05, 4.69) is 19.9 Å². The van der Waals surface area contributed by atoms with Gasteiger partial charge in [0.15, 0.2) is 11.5 Å². The van der Waals surface area contributed by atoms with Crippen LogP contribution in [0.1, 0.15) is 96.1 Å². The number of hydrogen-bond donors (Lipinski definition) is 1. The molecule has 0 saturated heterocycles. The summed E-state index contributed by atoms with van der Waals surface area (Å²) in [6.45, 7) is 12.3. The highest BCUT2D eigenvalue weighted by atomic mass is 32.1. The maximum Gasteiger partial charge on any atom is 0.339 e. The Hall–Kier alpha value is -2.30. The highest BCUT2D eigenvalue weighted by molar-refractivity contribution is 7.81. The lowest BCUT2D eigenvalue weighted by Crippen LogP contribution is -2.19. The topological polar surface area (TPSA) is 81.7 Å². The van der Waals surface area contributed by atoms with Gasteiger partial charge in [0.1, 0.15) is 19.0 Å². The van der Waals surface area contributed by atoms with Crippen molar-refractivity contribution < 1.29 is 38.0 Å². The molecule has 1 aromatic carbocycles. The van der Waals surface area contributed by atoms with E-state index in [1.165, 1.54) is 36.8 Å². The van der Waals surface area contributed by atoms with Crippen LogP contribution < -0.4 is 4.74 Å². The van der Waals surface area contributed by atoms with Gasteiger partial charge in [-0.1, -0.05) is 45.3 Å². The number of thiol groups is 1. The lowest BCUT2D eigenvalue weighted by molar-refractivity contribution is -0.130. The minimum Gasteiger partial charge on any atom is -0.487 e. The molecule has 0 saturated carbocycles. The normalized spacial score (nSPS) is 22.7. The molecule has 2 unspecified atom stereocenters. The maximum absolute atomic E-state index is 13.3. The van der Waals surface area contributed by atoms with Gasteiger partial charge in [-0.25, -0.2) is 4.79 Å². The Bertz CT molecular complexity index is 1160. The van der Waals surface area contributed by atoms with Crippen LogP contribution in [0.3, 0.4) is 0 Å². The molecule has 1 heterocycles. The monoisotopic (exact) mass is 674 g/mol. The van der Waals surface area contributed by atoms with Gasteiger partial charge < -0.3 is 33.2 Å². The molecule has 0 fully saturated rings. The van der Waals surface area contributed by atoms with Gasteiger partial charge >= 0.3 is 5.97 Å². The zero-order valence-corrected chi connectivity index (χ0v) is 30.1. The van der Waals surface area contributed by atoms with Crippen molar-refractivity contribution in [3.05, 3.63) is 64.6 Å². The second-order valence-electron chi connectivity index (χ2n) is 12.5. The maximum atomic E-state index is 13.3. The molecule has 3 rings (SSSR count). The number of carbonyl (C=O) groups is 1. The van der Waals surface area contributed by atoms with E-state index in [9.17, 15) is 4.79 Å². The largest absolute Gasteiger partial charge is 0.487 e. The second kappa shape index (κ2) is 22.4. The first-order valence-electron chi connectivity index (χ1n) is 17.5. The van der Waals surface area contributed by atoms with E-state index in [4.69, 9.17) is 45.8 Å². The van der Waals surface area contributed by atoms with E-state index < -0.39 is 5.97 Å². The third-order valence-electron chi connectivity index (χ3n) is 8.43. The predicted molar refractivity (Wildman–Crippen MR) is 189 cm³/mol. The van der Waals surface area contributed by atoms with Crippen molar-refractivity contribution in [1.29, 1.82) is 0 Å². The number of esters is 1. The first-order valence-corrected chi connectivity index (χ1v) is 18.0. The van der Waals surface area contributed by atoms with Crippen LogP contribution in [0.2, 0.25) is 0 Å². The number of benzene rings is 1. The quantitative estimate of drug-likeness (QED) is 0.0834. The van der Waals surface area contributed by atoms with Crippen LogP contribution in [-0.2, 0) is 39.6 Å². The Labute approximate surface area is 288 Å². The number of fused-ring (bicyclic) bond motifs is 1. The van der Waals surface area contributed by atoms with E-state index >= 15 is 0 Å². The summed E-state index contributed by atoms with van der Waals surface area (Å²) >= 11 is 5.01. The molecule has 0 spiro atoms. The van der Waals surface area contributed by atoms with Crippen LogP contribution in [0.15, 0.2) is 53.5 Å². The molecule has 1 aliphatic heterocycles. The fraction of sp³-hybridized carbons (Fsp3) is 0.658. The van der Waals surface area contributed by atoms with Crippen molar-refractivity contribution in [1.82, 2.24) is 0 Å². The van der Waals surface area contributed by atoms with Crippen molar-refractivity contribution in [3.8, 4) is 5.75 Å². The van der Waals surface area contributed by atoms with Crippen molar-refractivity contribution in [2.24, 2.45) is 0 Å². The fourth-order valence-electron chi connectivity index (χ4n) is 5.78. The average Bonchev–Trinajstić information content (AvgIpc) is 3.05. The molecule has 47 heavy (non-hydrogen) atoms. The van der Waals surface area contributed by atoms with Gasteiger partial charge in [0.05, 0.1) is 52.9 Å². The van der Waals surface area contributed by atoms with Gasteiger partial charge in [-0.3, -0.25) is 0 Å². The van der Waals surface area contributed by atoms with E-state index in [0.717, 1.165) is 32.1 Å². The van der Waals surface area contributed by atoms with Crippen LogP contribution in [-0.4, -0.2) is 76.8 Å². The van der Waals surface area contributed by atoms with Gasteiger partial charge in [-0.05, 0) is 93.7 Å². The van der Waals surface area contributed by atoms with Crippen LogP contribution in [0, 0.1) is 0 Å². The number of hydrogen-bond acceptors (Lipinski definition) is 9. The first kappa shape index (κ1) is 39.1. The smallest absolute Gasteiger partial charge is 0.339 e. The SMILES string of the molecule is C\C=C/C1=C(\C=C(/C)C(=O)Oc2ccc3c(c2)CCCC3CCC(C)(S)CCCCC)OCCOCCOCCOCCOCCO1. The number of rotatable bonds is 11. The van der Waals surface area contributed by atoms with Gasteiger partial charge in [-0.15, -0.1) is 0 Å². The molecule has 0 bridgehead atoms. The summed E-state index contributed by atoms with van der Waals surface area (Å²) in [6.07, 6.45) is 15.8. The molecule has 2 atom stereocenters. The minimum absolute atomic E-state index is 0.0675. The van der Waals surface area contributed by atoms with Crippen molar-refractivity contribution in [2.75, 3.05) is 66.1 Å². The molecule has 8 nitrogen and oxygen atoms in total. The molecule has 0 radical (unpaired) electrons. The summed E-state index contributed by atoms with van der Waals surface area (Å²) < 4.78 is 40.3. The molecule has 2 aliphatic rings. The second-order valence-corrected chi connectivity index (χ2v) is 13.6. The van der Waals surface area contributed by atoms with Crippen LogP contribution in [0.4, 0.5) is 0 Å². The Morgan fingerprint density at radius 3 is 2.15 bits per heavy atom. The first-order chi connectivity index (χ1) is 22.8. The van der Waals surface area contributed by atoms with Gasteiger partial charge in [-0.2, -0.15) is 12.6 Å². The zero-order chi connectivity index (χ0) is 33.7. The zero-order valence-electron chi connectivity index (χ0n) is 29.2. The highest BCUT2D eigenvalue weighted by Crippen LogP contribution is 2.39. The van der Waals surface area contributed by atoms with Crippen LogP contribution in [0.5, 0.6) is 5.75 Å². The summed E-state index contributed by atoms with van der Waals surface area (Å²) in [5.41, 5.74) is 3.05. The van der Waals surface area contributed by atoms with Gasteiger partial charge in [0.25, 0.3) is 0 Å². The summed E-state index contributed by atoms with van der Waals surface area (Å²) in [5.74, 6) is 1.54. The van der Waals surface area contributed by atoms with Crippen LogP contribution in [0.25, 0.3) is 0 Å². The predicted octanol–water partition coefficient (Wildman–Crippen LogP) is 7.91. The number of unbranched alkanes of at least 4 members (excludes halogenated alkanes) is 2. The minimum atomic E-state index is -0.442.